The predicted molar refractivity (Wildman–Crippen MR) is 131 cm³/mol. The van der Waals surface area contributed by atoms with Gasteiger partial charge in [-0.15, -0.1) is 0 Å². The molecule has 4 heterocycles. The molecule has 0 bridgehead atoms. The third kappa shape index (κ3) is 4.65. The number of aromatic nitrogens is 3. The van der Waals surface area contributed by atoms with Crippen molar-refractivity contribution in [2.24, 2.45) is 5.92 Å². The van der Waals surface area contributed by atoms with Gasteiger partial charge in [0.05, 0.1) is 34.3 Å². The number of piperidine rings is 1. The highest BCUT2D eigenvalue weighted by atomic mass is 32.2. The van der Waals surface area contributed by atoms with Crippen LogP contribution in [0.3, 0.4) is 0 Å². The Kier molecular flexibility index (Phi) is 6.76. The van der Waals surface area contributed by atoms with E-state index in [0.717, 1.165) is 60.0 Å². The van der Waals surface area contributed by atoms with Crippen LogP contribution < -0.4 is 0 Å². The van der Waals surface area contributed by atoms with E-state index in [1.807, 2.05) is 19.9 Å². The fourth-order valence-electron chi connectivity index (χ4n) is 4.88. The normalized spacial score (nSPS) is 22.1. The van der Waals surface area contributed by atoms with Crippen molar-refractivity contribution >= 4 is 32.8 Å². The molecule has 5 rings (SSSR count). The highest BCUT2D eigenvalue weighted by molar-refractivity contribution is 7.98. The van der Waals surface area contributed by atoms with Crippen molar-refractivity contribution in [2.75, 3.05) is 19.7 Å². The molecule has 2 unspecified atom stereocenters. The molecule has 0 aliphatic carbocycles. The molecule has 2 fully saturated rings. The van der Waals surface area contributed by atoms with E-state index in [-0.39, 0.29) is 6.10 Å². The first kappa shape index (κ1) is 23.8. The largest absolute Gasteiger partial charge is 0.376 e. The van der Waals surface area contributed by atoms with Crippen molar-refractivity contribution in [3.8, 4) is 0 Å². The second-order valence-electron chi connectivity index (χ2n) is 9.49. The number of hydrogen-bond acceptors (Lipinski definition) is 7. The number of sulfonamides is 1. The summed E-state index contributed by atoms with van der Waals surface area (Å²) in [6.07, 6.45) is 4.21. The summed E-state index contributed by atoms with van der Waals surface area (Å²) in [6.45, 7) is 8.62. The predicted octanol–water partition coefficient (Wildman–Crippen LogP) is 4.53. The van der Waals surface area contributed by atoms with Crippen molar-refractivity contribution in [1.82, 2.24) is 19.0 Å². The Balaban J connectivity index is 1.48. The molecule has 2 saturated heterocycles. The van der Waals surface area contributed by atoms with Crippen LogP contribution in [-0.4, -0.2) is 53.2 Å². The van der Waals surface area contributed by atoms with E-state index >= 15 is 0 Å². The van der Waals surface area contributed by atoms with E-state index in [1.165, 1.54) is 0 Å². The van der Waals surface area contributed by atoms with E-state index in [2.05, 4.69) is 16.6 Å². The van der Waals surface area contributed by atoms with Crippen LogP contribution in [0.4, 0.5) is 0 Å². The molecule has 1 aromatic carbocycles. The third-order valence-electron chi connectivity index (χ3n) is 6.88. The maximum atomic E-state index is 13.4. The number of benzene rings is 1. The monoisotopic (exact) mass is 504 g/mol. The van der Waals surface area contributed by atoms with E-state index < -0.39 is 10.0 Å². The zero-order chi connectivity index (χ0) is 23.9. The van der Waals surface area contributed by atoms with Crippen LogP contribution >= 0.6 is 11.8 Å². The molecule has 8 nitrogen and oxygen atoms in total. The minimum Gasteiger partial charge on any atom is -0.376 e. The second-order valence-corrected chi connectivity index (χ2v) is 12.4. The average Bonchev–Trinajstić information content (AvgIpc) is 3.53. The van der Waals surface area contributed by atoms with Gasteiger partial charge in [-0.1, -0.05) is 23.8 Å². The molecule has 2 atom stereocenters. The number of nitrogens with zero attached hydrogens (tertiary/aromatic N) is 4. The van der Waals surface area contributed by atoms with E-state index in [9.17, 15) is 8.42 Å². The van der Waals surface area contributed by atoms with E-state index in [0.29, 0.717) is 41.7 Å². The molecular formula is C24H32N4O4S2. The Labute approximate surface area is 205 Å². The van der Waals surface area contributed by atoms with Crippen LogP contribution in [0.2, 0.25) is 0 Å². The Hall–Kier alpha value is -1.88. The van der Waals surface area contributed by atoms with E-state index in [4.69, 9.17) is 14.2 Å². The van der Waals surface area contributed by atoms with Crippen molar-refractivity contribution < 1.29 is 17.7 Å². The van der Waals surface area contributed by atoms with Gasteiger partial charge in [-0.25, -0.2) is 13.4 Å². The van der Waals surface area contributed by atoms with Gasteiger partial charge in [0.1, 0.15) is 5.76 Å². The first-order valence-corrected chi connectivity index (χ1v) is 14.4. The molecule has 0 radical (unpaired) electrons. The summed E-state index contributed by atoms with van der Waals surface area (Å²) in [6, 6.07) is 5.36. The molecule has 34 heavy (non-hydrogen) atoms. The molecule has 0 amide bonds. The molecular weight excluding hydrogens is 472 g/mol. The zero-order valence-electron chi connectivity index (χ0n) is 20.0. The Morgan fingerprint density at radius 2 is 2.06 bits per heavy atom. The summed E-state index contributed by atoms with van der Waals surface area (Å²) in [5.74, 6) is 1.88. The molecule has 184 valence electrons. The maximum Gasteiger partial charge on any atom is 0.243 e. The van der Waals surface area contributed by atoms with Crippen molar-refractivity contribution in [3.63, 3.8) is 0 Å². The van der Waals surface area contributed by atoms with Crippen LogP contribution in [0.1, 0.15) is 49.6 Å². The molecule has 0 spiro atoms. The summed E-state index contributed by atoms with van der Waals surface area (Å²) in [4.78, 5) is 5.20. The average molecular weight is 505 g/mol. The molecule has 10 heteroatoms. The molecule has 3 aromatic rings. The molecule has 2 aliphatic heterocycles. The first-order valence-electron chi connectivity index (χ1n) is 12.0. The lowest BCUT2D eigenvalue weighted by molar-refractivity contribution is 0.0960. The summed E-state index contributed by atoms with van der Waals surface area (Å²) >= 11 is 1.62. The van der Waals surface area contributed by atoms with Gasteiger partial charge < -0.3 is 13.8 Å². The smallest absolute Gasteiger partial charge is 0.243 e. The van der Waals surface area contributed by atoms with Gasteiger partial charge in [0.15, 0.2) is 5.16 Å². The highest BCUT2D eigenvalue weighted by Crippen LogP contribution is 2.32. The number of imidazole rings is 1. The van der Waals surface area contributed by atoms with Crippen LogP contribution in [0, 0.1) is 19.8 Å². The van der Waals surface area contributed by atoms with Gasteiger partial charge in [0.25, 0.3) is 0 Å². The standard InChI is InChI=1S/C24H32N4O4S2/c1-16-6-4-10-27(13-16)34(29,30)20-8-9-23-22(12-20)25-24(28(23)14-19-7-5-11-31-19)33-15-21-17(2)26-32-18(21)3/h8-9,12,16,19H,4-7,10-11,13-15H2,1-3H3. The summed E-state index contributed by atoms with van der Waals surface area (Å²) in [5.41, 5.74) is 3.59. The van der Waals surface area contributed by atoms with Crippen LogP contribution in [0.15, 0.2) is 32.8 Å². The second kappa shape index (κ2) is 9.64. The zero-order valence-corrected chi connectivity index (χ0v) is 21.6. The van der Waals surface area contributed by atoms with Gasteiger partial charge >= 0.3 is 0 Å². The fraction of sp³-hybridized carbons (Fsp3) is 0.583. The lowest BCUT2D eigenvalue weighted by Gasteiger charge is -2.30. The minimum atomic E-state index is -3.54. The van der Waals surface area contributed by atoms with Crippen molar-refractivity contribution in [1.29, 1.82) is 0 Å². The Bertz CT molecular complexity index is 1260. The van der Waals surface area contributed by atoms with Crippen molar-refractivity contribution in [3.05, 3.63) is 35.2 Å². The fourth-order valence-corrected chi connectivity index (χ4v) is 7.68. The van der Waals surface area contributed by atoms with Gasteiger partial charge in [-0.2, -0.15) is 4.31 Å². The topological polar surface area (TPSA) is 90.5 Å². The Morgan fingerprint density at radius 3 is 2.76 bits per heavy atom. The SMILES string of the molecule is Cc1noc(C)c1CSc1nc2cc(S(=O)(=O)N3CCCC(C)C3)ccc2n1CC1CCCO1. The third-order valence-corrected chi connectivity index (χ3v) is 9.74. The number of hydrogen-bond donors (Lipinski definition) is 0. The summed E-state index contributed by atoms with van der Waals surface area (Å²) in [5, 5.41) is 4.91. The van der Waals surface area contributed by atoms with Crippen molar-refractivity contribution in [2.45, 2.75) is 74.9 Å². The molecule has 0 N–H and O–H groups in total. The Morgan fingerprint density at radius 1 is 1.21 bits per heavy atom. The van der Waals surface area contributed by atoms with Crippen LogP contribution in [-0.2, 0) is 27.1 Å². The number of thioether (sulfide) groups is 1. The van der Waals surface area contributed by atoms with Crippen LogP contribution in [0.5, 0.6) is 0 Å². The number of rotatable bonds is 7. The van der Waals surface area contributed by atoms with Gasteiger partial charge in [0.2, 0.25) is 10.0 Å². The lowest BCUT2D eigenvalue weighted by Crippen LogP contribution is -2.39. The summed E-state index contributed by atoms with van der Waals surface area (Å²) < 4.78 is 41.7. The number of aryl methyl sites for hydroxylation is 2. The minimum absolute atomic E-state index is 0.147. The van der Waals surface area contributed by atoms with Gasteiger partial charge in [0, 0.05) is 31.0 Å². The molecule has 2 aromatic heterocycles. The number of fused-ring (bicyclic) bond motifs is 1. The number of ether oxygens (including phenoxy) is 1. The van der Waals surface area contributed by atoms with Crippen LogP contribution in [0.25, 0.3) is 11.0 Å². The highest BCUT2D eigenvalue weighted by Gasteiger charge is 2.29. The molecule has 2 aliphatic rings. The molecule has 0 saturated carbocycles. The maximum absolute atomic E-state index is 13.4. The van der Waals surface area contributed by atoms with E-state index in [1.54, 1.807) is 28.2 Å². The van der Waals surface area contributed by atoms with Gasteiger partial charge in [-0.05, 0) is 63.6 Å². The first-order chi connectivity index (χ1) is 16.3. The lowest BCUT2D eigenvalue weighted by atomic mass is 10.0. The van der Waals surface area contributed by atoms with Gasteiger partial charge in [-0.3, -0.25) is 0 Å². The quantitative estimate of drug-likeness (QED) is 0.437. The summed E-state index contributed by atoms with van der Waals surface area (Å²) in [7, 11) is -3.54.